The average molecular weight is 339 g/mol. The third kappa shape index (κ3) is 3.83. The number of aromatic nitrogens is 3. The molecule has 0 amide bonds. The Bertz CT molecular complexity index is 790. The molecule has 1 aromatic heterocycles. The molecule has 0 unspecified atom stereocenters. The highest BCUT2D eigenvalue weighted by Crippen LogP contribution is 2.35. The highest BCUT2D eigenvalue weighted by molar-refractivity contribution is 8.00. The number of ether oxygens (including phenoxy) is 1. The number of benzene rings is 2. The maximum absolute atomic E-state index is 12.3. The van der Waals surface area contributed by atoms with Crippen molar-refractivity contribution in [2.24, 2.45) is 0 Å². The molecule has 122 valence electrons. The van der Waals surface area contributed by atoms with Crippen LogP contribution in [0.1, 0.15) is 17.7 Å². The van der Waals surface area contributed by atoms with Gasteiger partial charge < -0.3 is 4.74 Å². The van der Waals surface area contributed by atoms with E-state index >= 15 is 0 Å². The van der Waals surface area contributed by atoms with E-state index in [2.05, 4.69) is 15.2 Å². The van der Waals surface area contributed by atoms with Crippen LogP contribution in [-0.2, 0) is 9.53 Å². The molecular weight excluding hydrogens is 322 g/mol. The molecule has 6 heteroatoms. The van der Waals surface area contributed by atoms with Crippen LogP contribution in [-0.4, -0.2) is 27.8 Å². The number of nitrogens with zero attached hydrogens (tertiary/aromatic N) is 2. The molecule has 3 rings (SSSR count). The number of hydrogen-bond donors (Lipinski definition) is 1. The molecular formula is C18H17N3O2S. The van der Waals surface area contributed by atoms with Gasteiger partial charge in [-0.15, -0.1) is 5.10 Å². The van der Waals surface area contributed by atoms with Crippen molar-refractivity contribution in [3.63, 3.8) is 0 Å². The third-order valence-electron chi connectivity index (χ3n) is 3.34. The van der Waals surface area contributed by atoms with Crippen molar-refractivity contribution in [2.45, 2.75) is 17.3 Å². The molecule has 0 aliphatic heterocycles. The van der Waals surface area contributed by atoms with Crippen molar-refractivity contribution in [1.29, 1.82) is 0 Å². The number of aromatic amines is 1. The van der Waals surface area contributed by atoms with Gasteiger partial charge >= 0.3 is 5.97 Å². The predicted octanol–water partition coefficient (Wildman–Crippen LogP) is 3.87. The van der Waals surface area contributed by atoms with Crippen molar-refractivity contribution >= 4 is 17.7 Å². The van der Waals surface area contributed by atoms with E-state index in [1.165, 1.54) is 11.8 Å². The maximum atomic E-state index is 12.3. The minimum Gasteiger partial charge on any atom is -0.465 e. The normalized spacial score (nSPS) is 11.9. The molecule has 3 aromatic rings. The fraction of sp³-hybridized carbons (Fsp3) is 0.167. The molecule has 5 nitrogen and oxygen atoms in total. The van der Waals surface area contributed by atoms with E-state index in [4.69, 9.17) is 4.74 Å². The van der Waals surface area contributed by atoms with Crippen LogP contribution in [0.25, 0.3) is 11.4 Å². The molecule has 0 bridgehead atoms. The zero-order chi connectivity index (χ0) is 16.8. The molecule has 1 atom stereocenters. The van der Waals surface area contributed by atoms with Gasteiger partial charge in [-0.1, -0.05) is 72.4 Å². The van der Waals surface area contributed by atoms with Gasteiger partial charge in [0.05, 0.1) is 6.61 Å². The highest BCUT2D eigenvalue weighted by Gasteiger charge is 2.25. The number of hydrogen-bond acceptors (Lipinski definition) is 5. The van der Waals surface area contributed by atoms with Crippen LogP contribution >= 0.6 is 11.8 Å². The summed E-state index contributed by atoms with van der Waals surface area (Å²) < 4.78 is 5.20. The number of nitrogens with one attached hydrogen (secondary N) is 1. The van der Waals surface area contributed by atoms with Crippen LogP contribution in [0.5, 0.6) is 0 Å². The summed E-state index contributed by atoms with van der Waals surface area (Å²) in [6.45, 7) is 2.14. The van der Waals surface area contributed by atoms with Crippen molar-refractivity contribution in [3.05, 3.63) is 66.2 Å². The van der Waals surface area contributed by atoms with Gasteiger partial charge in [0.2, 0.25) is 5.16 Å². The lowest BCUT2D eigenvalue weighted by Gasteiger charge is -2.13. The van der Waals surface area contributed by atoms with E-state index in [1.807, 2.05) is 60.7 Å². The Morgan fingerprint density at radius 1 is 1.12 bits per heavy atom. The first-order valence-corrected chi connectivity index (χ1v) is 8.52. The second-order valence-corrected chi connectivity index (χ2v) is 6.07. The van der Waals surface area contributed by atoms with Crippen LogP contribution in [0.2, 0.25) is 0 Å². The van der Waals surface area contributed by atoms with E-state index in [0.717, 1.165) is 11.1 Å². The van der Waals surface area contributed by atoms with Crippen LogP contribution in [0.15, 0.2) is 65.8 Å². The van der Waals surface area contributed by atoms with E-state index in [9.17, 15) is 4.79 Å². The van der Waals surface area contributed by atoms with E-state index < -0.39 is 5.25 Å². The summed E-state index contributed by atoms with van der Waals surface area (Å²) in [4.78, 5) is 16.8. The first kappa shape index (κ1) is 16.3. The van der Waals surface area contributed by atoms with Gasteiger partial charge in [-0.05, 0) is 12.5 Å². The average Bonchev–Trinajstić information content (AvgIpc) is 3.10. The lowest BCUT2D eigenvalue weighted by Crippen LogP contribution is -2.13. The number of rotatable bonds is 6. The molecule has 1 N–H and O–H groups in total. The zero-order valence-electron chi connectivity index (χ0n) is 13.2. The minimum atomic E-state index is -0.495. The Kier molecular flexibility index (Phi) is 5.28. The van der Waals surface area contributed by atoms with Crippen molar-refractivity contribution in [2.75, 3.05) is 6.61 Å². The molecule has 0 aliphatic carbocycles. The topological polar surface area (TPSA) is 67.9 Å². The Morgan fingerprint density at radius 3 is 2.46 bits per heavy atom. The summed E-state index contributed by atoms with van der Waals surface area (Å²) in [5.74, 6) is 0.383. The molecule has 24 heavy (non-hydrogen) atoms. The Hall–Kier alpha value is -2.60. The van der Waals surface area contributed by atoms with Crippen LogP contribution in [0.3, 0.4) is 0 Å². The molecule has 0 aliphatic rings. The molecule has 0 saturated carbocycles. The number of esters is 1. The molecule has 0 radical (unpaired) electrons. The van der Waals surface area contributed by atoms with Crippen LogP contribution < -0.4 is 0 Å². The lowest BCUT2D eigenvalue weighted by atomic mass is 10.1. The summed E-state index contributed by atoms with van der Waals surface area (Å²) >= 11 is 1.28. The maximum Gasteiger partial charge on any atom is 0.324 e. The van der Waals surface area contributed by atoms with Crippen molar-refractivity contribution in [1.82, 2.24) is 15.2 Å². The Labute approximate surface area is 144 Å². The smallest absolute Gasteiger partial charge is 0.324 e. The van der Waals surface area contributed by atoms with E-state index in [0.29, 0.717) is 17.6 Å². The van der Waals surface area contributed by atoms with Crippen molar-refractivity contribution in [3.8, 4) is 11.4 Å². The second kappa shape index (κ2) is 7.79. The van der Waals surface area contributed by atoms with Crippen LogP contribution in [0, 0.1) is 0 Å². The SMILES string of the molecule is CCOC(=O)[C@H](Sc1n[nH]c(-c2ccccc2)n1)c1ccccc1. The minimum absolute atomic E-state index is 0.292. The highest BCUT2D eigenvalue weighted by atomic mass is 32.2. The largest absolute Gasteiger partial charge is 0.465 e. The first-order valence-electron chi connectivity index (χ1n) is 7.64. The van der Waals surface area contributed by atoms with E-state index in [-0.39, 0.29) is 5.97 Å². The molecule has 0 spiro atoms. The van der Waals surface area contributed by atoms with E-state index in [1.54, 1.807) is 6.92 Å². The van der Waals surface area contributed by atoms with Crippen molar-refractivity contribution < 1.29 is 9.53 Å². The fourth-order valence-corrected chi connectivity index (χ4v) is 3.14. The molecule has 0 saturated heterocycles. The third-order valence-corrected chi connectivity index (χ3v) is 4.43. The van der Waals surface area contributed by atoms with Gasteiger partial charge in [0.15, 0.2) is 5.82 Å². The number of carbonyl (C=O) groups excluding carboxylic acids is 1. The fourth-order valence-electron chi connectivity index (χ4n) is 2.23. The molecule has 1 heterocycles. The van der Waals surface area contributed by atoms with Gasteiger partial charge in [-0.3, -0.25) is 9.89 Å². The Balaban J connectivity index is 1.83. The number of H-pyrrole nitrogens is 1. The number of thioether (sulfide) groups is 1. The zero-order valence-corrected chi connectivity index (χ0v) is 14.0. The summed E-state index contributed by atoms with van der Waals surface area (Å²) in [6.07, 6.45) is 0. The number of carbonyl (C=O) groups is 1. The van der Waals surface area contributed by atoms with Gasteiger partial charge in [-0.25, -0.2) is 4.98 Å². The lowest BCUT2D eigenvalue weighted by molar-refractivity contribution is -0.142. The predicted molar refractivity (Wildman–Crippen MR) is 93.5 cm³/mol. The first-order chi connectivity index (χ1) is 11.8. The summed E-state index contributed by atoms with van der Waals surface area (Å²) in [6, 6.07) is 19.2. The Morgan fingerprint density at radius 2 is 1.79 bits per heavy atom. The summed E-state index contributed by atoms with van der Waals surface area (Å²) in [5, 5.41) is 7.15. The summed E-state index contributed by atoms with van der Waals surface area (Å²) in [5.41, 5.74) is 1.82. The quantitative estimate of drug-likeness (QED) is 0.545. The van der Waals surface area contributed by atoms with Crippen LogP contribution in [0.4, 0.5) is 0 Å². The molecule has 2 aromatic carbocycles. The van der Waals surface area contributed by atoms with Gasteiger partial charge in [0.25, 0.3) is 0 Å². The van der Waals surface area contributed by atoms with Gasteiger partial charge in [-0.2, -0.15) is 0 Å². The van der Waals surface area contributed by atoms with Gasteiger partial charge in [0, 0.05) is 5.56 Å². The van der Waals surface area contributed by atoms with Gasteiger partial charge in [0.1, 0.15) is 5.25 Å². The second-order valence-electron chi connectivity index (χ2n) is 4.99. The molecule has 0 fully saturated rings. The standard InChI is InChI=1S/C18H17N3O2S/c1-2-23-17(22)15(13-9-5-3-6-10-13)24-18-19-16(20-21-18)14-11-7-4-8-12-14/h3-12,15H,2H2,1H3,(H,19,20,21)/t15-/m1/s1. The summed E-state index contributed by atoms with van der Waals surface area (Å²) in [7, 11) is 0. The monoisotopic (exact) mass is 339 g/mol.